The highest BCUT2D eigenvalue weighted by molar-refractivity contribution is 5.72. The van der Waals surface area contributed by atoms with Crippen molar-refractivity contribution in [3.63, 3.8) is 0 Å². The first-order valence-corrected chi connectivity index (χ1v) is 25.9. The molecule has 1 N–H and O–H groups in total. The Morgan fingerprint density at radius 1 is 0.492 bits per heavy atom. The van der Waals surface area contributed by atoms with Crippen molar-refractivity contribution < 1.29 is 38.2 Å². The van der Waals surface area contributed by atoms with Crippen LogP contribution in [0.2, 0.25) is 0 Å². The molecule has 0 aliphatic rings. The van der Waals surface area contributed by atoms with E-state index in [1.807, 2.05) is 21.1 Å². The van der Waals surface area contributed by atoms with Crippen molar-refractivity contribution in [1.29, 1.82) is 0 Å². The first kappa shape index (κ1) is 58.8. The van der Waals surface area contributed by atoms with Gasteiger partial charge in [0.15, 0.2) is 12.1 Å². The van der Waals surface area contributed by atoms with Crippen LogP contribution in [0.1, 0.15) is 245 Å². The molecular formula is C53H100NO7+. The Kier molecular flexibility index (Phi) is 42.8. The lowest BCUT2D eigenvalue weighted by molar-refractivity contribution is -0.887. The van der Waals surface area contributed by atoms with Crippen LogP contribution in [0.15, 0.2) is 24.3 Å². The van der Waals surface area contributed by atoms with Gasteiger partial charge in [-0.05, 0) is 44.9 Å². The lowest BCUT2D eigenvalue weighted by Crippen LogP contribution is -2.50. The van der Waals surface area contributed by atoms with E-state index in [1.54, 1.807) is 0 Å². The van der Waals surface area contributed by atoms with E-state index in [4.69, 9.17) is 14.2 Å². The fourth-order valence-electron chi connectivity index (χ4n) is 7.83. The standard InChI is InChI=1S/C53H99NO7/c1-6-8-10-12-14-16-18-20-22-24-26-28-30-32-34-36-38-40-42-44-52(56)61-49(47-59-46-45-50(53(57)58)54(3,4)5)48-60-51(55)43-41-39-37-35-33-31-29-27-25-23-21-19-17-15-13-11-9-7-2/h14,16,20,22,49-50H,6-13,15,17-19,21,23-48H2,1-5H3/p+1/b16-14-,22-20-. The lowest BCUT2D eigenvalue weighted by Gasteiger charge is -2.31. The van der Waals surface area contributed by atoms with Crippen LogP contribution in [0.4, 0.5) is 0 Å². The summed E-state index contributed by atoms with van der Waals surface area (Å²) >= 11 is 0. The number of carboxylic acid groups (broad SMARTS) is 1. The molecule has 0 aromatic rings. The van der Waals surface area contributed by atoms with Gasteiger partial charge in [-0.3, -0.25) is 9.59 Å². The summed E-state index contributed by atoms with van der Waals surface area (Å²) in [6.45, 7) is 4.75. The predicted octanol–water partition coefficient (Wildman–Crippen LogP) is 14.8. The number of nitrogens with zero attached hydrogens (tertiary/aromatic N) is 1. The Bertz CT molecular complexity index is 1050. The summed E-state index contributed by atoms with van der Waals surface area (Å²) < 4.78 is 17.4. The van der Waals surface area contributed by atoms with Crippen LogP contribution in [0.25, 0.3) is 0 Å². The number of carboxylic acids is 1. The van der Waals surface area contributed by atoms with Crippen molar-refractivity contribution in [2.45, 2.75) is 257 Å². The molecule has 0 aliphatic carbocycles. The third-order valence-electron chi connectivity index (χ3n) is 11.9. The molecule has 0 amide bonds. The number of carbonyl (C=O) groups is 3. The molecule has 0 rings (SSSR count). The molecule has 0 heterocycles. The predicted molar refractivity (Wildman–Crippen MR) is 257 cm³/mol. The topological polar surface area (TPSA) is 99.1 Å². The van der Waals surface area contributed by atoms with Gasteiger partial charge in [0.05, 0.1) is 34.4 Å². The van der Waals surface area contributed by atoms with E-state index < -0.39 is 18.1 Å². The molecule has 0 aromatic heterocycles. The molecule has 0 aliphatic heterocycles. The van der Waals surface area contributed by atoms with E-state index in [9.17, 15) is 19.5 Å². The largest absolute Gasteiger partial charge is 0.477 e. The third kappa shape index (κ3) is 42.9. The quantitative estimate of drug-likeness (QED) is 0.0281. The number of ether oxygens (including phenoxy) is 3. The van der Waals surface area contributed by atoms with Crippen molar-refractivity contribution in [2.24, 2.45) is 0 Å². The van der Waals surface area contributed by atoms with E-state index in [0.717, 1.165) is 44.9 Å². The van der Waals surface area contributed by atoms with Crippen LogP contribution in [0.5, 0.6) is 0 Å². The minimum Gasteiger partial charge on any atom is -0.477 e. The summed E-state index contributed by atoms with van der Waals surface area (Å²) in [6.07, 6.45) is 50.8. The van der Waals surface area contributed by atoms with Crippen molar-refractivity contribution in [2.75, 3.05) is 41.0 Å². The van der Waals surface area contributed by atoms with Gasteiger partial charge in [-0.1, -0.05) is 205 Å². The molecule has 0 radical (unpaired) electrons. The number of rotatable bonds is 47. The van der Waals surface area contributed by atoms with E-state index in [-0.39, 0.29) is 36.2 Å². The summed E-state index contributed by atoms with van der Waals surface area (Å²) in [5.41, 5.74) is 0. The number of likely N-dealkylation sites (N-methyl/N-ethyl adjacent to an activating group) is 1. The van der Waals surface area contributed by atoms with Crippen LogP contribution in [-0.4, -0.2) is 80.6 Å². The maximum atomic E-state index is 12.8. The Morgan fingerprint density at radius 2 is 0.869 bits per heavy atom. The highest BCUT2D eigenvalue weighted by Crippen LogP contribution is 2.16. The minimum atomic E-state index is -0.872. The maximum Gasteiger partial charge on any atom is 0.362 e. The Morgan fingerprint density at radius 3 is 1.30 bits per heavy atom. The van der Waals surface area contributed by atoms with E-state index in [0.29, 0.717) is 19.3 Å². The lowest BCUT2D eigenvalue weighted by atomic mass is 10.0. The second-order valence-electron chi connectivity index (χ2n) is 18.8. The van der Waals surface area contributed by atoms with E-state index in [2.05, 4.69) is 38.2 Å². The van der Waals surface area contributed by atoms with Gasteiger partial charge >= 0.3 is 17.9 Å². The van der Waals surface area contributed by atoms with Crippen LogP contribution in [-0.2, 0) is 28.6 Å². The average molecular weight is 863 g/mol. The number of hydrogen-bond donors (Lipinski definition) is 1. The van der Waals surface area contributed by atoms with Gasteiger partial charge in [0.25, 0.3) is 0 Å². The molecule has 8 heteroatoms. The molecular weight excluding hydrogens is 763 g/mol. The van der Waals surface area contributed by atoms with Crippen LogP contribution >= 0.6 is 0 Å². The van der Waals surface area contributed by atoms with Gasteiger partial charge in [-0.2, -0.15) is 0 Å². The van der Waals surface area contributed by atoms with E-state index in [1.165, 1.54) is 167 Å². The van der Waals surface area contributed by atoms with Gasteiger partial charge in [-0.25, -0.2) is 4.79 Å². The van der Waals surface area contributed by atoms with Crippen molar-refractivity contribution in [3.05, 3.63) is 24.3 Å². The number of esters is 2. The summed E-state index contributed by atoms with van der Waals surface area (Å²) in [5, 5.41) is 9.65. The first-order chi connectivity index (χ1) is 29.6. The summed E-state index contributed by atoms with van der Waals surface area (Å²) in [5.74, 6) is -1.45. The number of quaternary nitrogens is 1. The van der Waals surface area contributed by atoms with Gasteiger partial charge in [-0.15, -0.1) is 0 Å². The molecule has 2 unspecified atom stereocenters. The van der Waals surface area contributed by atoms with Crippen LogP contribution < -0.4 is 0 Å². The zero-order valence-electron chi connectivity index (χ0n) is 40.9. The number of allylic oxidation sites excluding steroid dienone is 4. The first-order valence-electron chi connectivity index (χ1n) is 25.9. The van der Waals surface area contributed by atoms with Gasteiger partial charge in [0, 0.05) is 19.3 Å². The molecule has 0 fully saturated rings. The zero-order valence-corrected chi connectivity index (χ0v) is 40.9. The smallest absolute Gasteiger partial charge is 0.362 e. The number of carbonyl (C=O) groups excluding carboxylic acids is 2. The van der Waals surface area contributed by atoms with Gasteiger partial charge < -0.3 is 23.8 Å². The normalized spacial score (nSPS) is 13.0. The molecule has 0 saturated carbocycles. The molecule has 358 valence electrons. The monoisotopic (exact) mass is 863 g/mol. The highest BCUT2D eigenvalue weighted by Gasteiger charge is 2.31. The van der Waals surface area contributed by atoms with Crippen LogP contribution in [0.3, 0.4) is 0 Å². The van der Waals surface area contributed by atoms with E-state index >= 15 is 0 Å². The Labute approximate surface area is 377 Å². The summed E-state index contributed by atoms with van der Waals surface area (Å²) in [4.78, 5) is 37.2. The molecule has 0 aromatic carbocycles. The number of aliphatic carboxylic acids is 1. The number of unbranched alkanes of at least 4 members (excludes halogenated alkanes) is 29. The summed E-state index contributed by atoms with van der Waals surface area (Å²) in [7, 11) is 5.54. The maximum absolute atomic E-state index is 12.8. The molecule has 2 atom stereocenters. The molecule has 0 spiro atoms. The van der Waals surface area contributed by atoms with Gasteiger partial charge in [0.1, 0.15) is 6.61 Å². The average Bonchev–Trinajstić information content (AvgIpc) is 3.22. The zero-order chi connectivity index (χ0) is 44.9. The fraction of sp³-hybridized carbons (Fsp3) is 0.868. The number of hydrogen-bond acceptors (Lipinski definition) is 6. The molecule has 0 bridgehead atoms. The second kappa shape index (κ2) is 44.4. The fourth-order valence-corrected chi connectivity index (χ4v) is 7.83. The molecule has 0 saturated heterocycles. The van der Waals surface area contributed by atoms with Crippen molar-refractivity contribution in [1.82, 2.24) is 0 Å². The summed E-state index contributed by atoms with van der Waals surface area (Å²) in [6, 6.07) is -0.613. The minimum absolute atomic E-state index is 0.0475. The third-order valence-corrected chi connectivity index (χ3v) is 11.9. The Hall–Kier alpha value is -2.19. The van der Waals surface area contributed by atoms with Crippen LogP contribution in [0, 0.1) is 0 Å². The van der Waals surface area contributed by atoms with Crippen molar-refractivity contribution >= 4 is 17.9 Å². The highest BCUT2D eigenvalue weighted by atomic mass is 16.6. The SMILES string of the molecule is CCCCC/C=C\C/C=C\CCCCCCCCCCCC(=O)OC(COCCC(C(=O)O)[N+](C)(C)C)COC(=O)CCCCCCCCCCCCCCCCCCCC. The molecule has 8 nitrogen and oxygen atoms in total. The van der Waals surface area contributed by atoms with Crippen molar-refractivity contribution in [3.8, 4) is 0 Å². The second-order valence-corrected chi connectivity index (χ2v) is 18.8. The Balaban J connectivity index is 4.22. The van der Waals surface area contributed by atoms with Gasteiger partial charge in [0.2, 0.25) is 0 Å². The molecule has 61 heavy (non-hydrogen) atoms.